The van der Waals surface area contributed by atoms with Crippen molar-refractivity contribution in [3.05, 3.63) is 71.9 Å². The van der Waals surface area contributed by atoms with Gasteiger partial charge in [0.25, 0.3) is 0 Å². The summed E-state index contributed by atoms with van der Waals surface area (Å²) < 4.78 is 1.82. The summed E-state index contributed by atoms with van der Waals surface area (Å²) in [7, 11) is 0. The fourth-order valence-electron chi connectivity index (χ4n) is 3.83. The number of aromatic nitrogens is 2. The van der Waals surface area contributed by atoms with Gasteiger partial charge in [-0.2, -0.15) is 5.10 Å². The van der Waals surface area contributed by atoms with Crippen LogP contribution < -0.4 is 0 Å². The van der Waals surface area contributed by atoms with Gasteiger partial charge in [-0.1, -0.05) is 66.9 Å². The Morgan fingerprint density at radius 3 is 2.38 bits per heavy atom. The molecule has 1 N–H and O–H groups in total. The molecule has 1 aliphatic carbocycles. The third-order valence-corrected chi connectivity index (χ3v) is 5.22. The third kappa shape index (κ3) is 3.40. The maximum atomic E-state index is 9.02. The Morgan fingerprint density at radius 1 is 0.962 bits per heavy atom. The van der Waals surface area contributed by atoms with E-state index in [9.17, 15) is 0 Å². The Bertz CT molecular complexity index is 876. The van der Waals surface area contributed by atoms with Crippen LogP contribution in [0.25, 0.3) is 16.9 Å². The SMILES string of the molecule is O/N=C/c1cn(-c2ccccc2)nc1-c1ccc(C2CCCCC2)cc1. The molecule has 0 unspecified atom stereocenters. The largest absolute Gasteiger partial charge is 0.411 e. The van der Waals surface area contributed by atoms with Crippen LogP contribution in [-0.4, -0.2) is 21.2 Å². The van der Waals surface area contributed by atoms with Gasteiger partial charge in [0.15, 0.2) is 0 Å². The lowest BCUT2D eigenvalue weighted by Gasteiger charge is -2.22. The molecule has 4 nitrogen and oxygen atoms in total. The predicted molar refractivity (Wildman–Crippen MR) is 104 cm³/mol. The van der Waals surface area contributed by atoms with Crippen molar-refractivity contribution in [1.29, 1.82) is 0 Å². The van der Waals surface area contributed by atoms with Gasteiger partial charge in [-0.25, -0.2) is 4.68 Å². The standard InChI is InChI=1S/C22H23N3O/c26-23-15-20-16-25(21-9-5-2-6-10-21)24-22(20)19-13-11-18(12-14-19)17-7-3-1-4-8-17/h2,5-6,9-17,26H,1,3-4,7-8H2/b23-15+. The van der Waals surface area contributed by atoms with Crippen molar-refractivity contribution >= 4 is 6.21 Å². The average molecular weight is 345 g/mol. The number of oxime groups is 1. The van der Waals surface area contributed by atoms with Crippen LogP contribution in [0.1, 0.15) is 49.1 Å². The molecule has 1 heterocycles. The zero-order valence-electron chi connectivity index (χ0n) is 14.8. The van der Waals surface area contributed by atoms with Crippen LogP contribution in [-0.2, 0) is 0 Å². The van der Waals surface area contributed by atoms with Crippen molar-refractivity contribution in [2.45, 2.75) is 38.0 Å². The van der Waals surface area contributed by atoms with E-state index in [-0.39, 0.29) is 0 Å². The zero-order valence-corrected chi connectivity index (χ0v) is 14.8. The molecule has 0 radical (unpaired) electrons. The number of benzene rings is 2. The summed E-state index contributed by atoms with van der Waals surface area (Å²) >= 11 is 0. The lowest BCUT2D eigenvalue weighted by molar-refractivity contribution is 0.322. The first-order valence-electron chi connectivity index (χ1n) is 9.28. The molecule has 0 saturated heterocycles. The van der Waals surface area contributed by atoms with E-state index < -0.39 is 0 Å². The Hall–Kier alpha value is -2.88. The topological polar surface area (TPSA) is 50.4 Å². The van der Waals surface area contributed by atoms with Crippen LogP contribution in [0.5, 0.6) is 0 Å². The van der Waals surface area contributed by atoms with E-state index in [1.807, 2.05) is 41.2 Å². The molecular weight excluding hydrogens is 322 g/mol. The van der Waals surface area contributed by atoms with E-state index in [1.165, 1.54) is 43.9 Å². The molecule has 0 amide bonds. The van der Waals surface area contributed by atoms with E-state index in [0.29, 0.717) is 5.92 Å². The Labute approximate surface area is 153 Å². The van der Waals surface area contributed by atoms with Gasteiger partial charge in [-0.3, -0.25) is 0 Å². The van der Waals surface area contributed by atoms with Gasteiger partial charge in [0.2, 0.25) is 0 Å². The molecule has 1 aliphatic rings. The summed E-state index contributed by atoms with van der Waals surface area (Å²) in [6, 6.07) is 18.7. The zero-order chi connectivity index (χ0) is 17.8. The van der Waals surface area contributed by atoms with Crippen LogP contribution in [0, 0.1) is 0 Å². The maximum Gasteiger partial charge on any atom is 0.102 e. The number of nitrogens with zero attached hydrogens (tertiary/aromatic N) is 3. The quantitative estimate of drug-likeness (QED) is 0.391. The van der Waals surface area contributed by atoms with Crippen molar-refractivity contribution in [2.24, 2.45) is 5.16 Å². The van der Waals surface area contributed by atoms with Crippen LogP contribution in [0.4, 0.5) is 0 Å². The molecule has 0 aliphatic heterocycles. The van der Waals surface area contributed by atoms with Gasteiger partial charge in [0.1, 0.15) is 5.69 Å². The van der Waals surface area contributed by atoms with E-state index in [4.69, 9.17) is 10.3 Å². The summed E-state index contributed by atoms with van der Waals surface area (Å²) in [5.74, 6) is 0.693. The Kier molecular flexibility index (Phi) is 4.82. The summed E-state index contributed by atoms with van der Waals surface area (Å²) in [5, 5.41) is 17.0. The Morgan fingerprint density at radius 2 is 1.69 bits per heavy atom. The number of para-hydroxylation sites is 1. The highest BCUT2D eigenvalue weighted by molar-refractivity contribution is 5.88. The van der Waals surface area contributed by atoms with Crippen molar-refractivity contribution in [3.8, 4) is 16.9 Å². The summed E-state index contributed by atoms with van der Waals surface area (Å²) in [5.41, 5.74) is 5.05. The molecule has 0 bridgehead atoms. The van der Waals surface area contributed by atoms with Crippen LogP contribution in [0.3, 0.4) is 0 Å². The van der Waals surface area contributed by atoms with Crippen LogP contribution in [0.15, 0.2) is 65.9 Å². The van der Waals surface area contributed by atoms with E-state index in [2.05, 4.69) is 29.4 Å². The Balaban J connectivity index is 1.67. The van der Waals surface area contributed by atoms with Gasteiger partial charge in [0, 0.05) is 17.3 Å². The molecule has 2 aromatic carbocycles. The van der Waals surface area contributed by atoms with Gasteiger partial charge >= 0.3 is 0 Å². The number of hydrogen-bond acceptors (Lipinski definition) is 3. The summed E-state index contributed by atoms with van der Waals surface area (Å²) in [6.07, 6.45) is 9.97. The fourth-order valence-corrected chi connectivity index (χ4v) is 3.83. The summed E-state index contributed by atoms with van der Waals surface area (Å²) in [4.78, 5) is 0. The first-order chi connectivity index (χ1) is 12.8. The fraction of sp³-hybridized carbons (Fsp3) is 0.273. The van der Waals surface area contributed by atoms with Gasteiger partial charge < -0.3 is 5.21 Å². The van der Waals surface area contributed by atoms with Gasteiger partial charge in [0.05, 0.1) is 11.9 Å². The van der Waals surface area contributed by atoms with Crippen molar-refractivity contribution in [2.75, 3.05) is 0 Å². The van der Waals surface area contributed by atoms with Crippen molar-refractivity contribution < 1.29 is 5.21 Å². The minimum Gasteiger partial charge on any atom is -0.411 e. The molecule has 0 atom stereocenters. The predicted octanol–water partition coefficient (Wildman–Crippen LogP) is 5.40. The number of hydrogen-bond donors (Lipinski definition) is 1. The van der Waals surface area contributed by atoms with Crippen molar-refractivity contribution in [1.82, 2.24) is 9.78 Å². The molecule has 1 aromatic heterocycles. The van der Waals surface area contributed by atoms with Gasteiger partial charge in [-0.05, 0) is 36.5 Å². The van der Waals surface area contributed by atoms with E-state index in [0.717, 1.165) is 22.5 Å². The van der Waals surface area contributed by atoms with Gasteiger partial charge in [-0.15, -0.1) is 0 Å². The maximum absolute atomic E-state index is 9.02. The second kappa shape index (κ2) is 7.56. The van der Waals surface area contributed by atoms with E-state index in [1.54, 1.807) is 0 Å². The second-order valence-electron chi connectivity index (χ2n) is 6.91. The summed E-state index contributed by atoms with van der Waals surface area (Å²) in [6.45, 7) is 0. The normalized spacial score (nSPS) is 15.5. The lowest BCUT2D eigenvalue weighted by Crippen LogP contribution is -2.04. The molecule has 0 spiro atoms. The third-order valence-electron chi connectivity index (χ3n) is 5.22. The first kappa shape index (κ1) is 16.6. The van der Waals surface area contributed by atoms with Crippen molar-refractivity contribution in [3.63, 3.8) is 0 Å². The average Bonchev–Trinajstić information content (AvgIpc) is 3.14. The highest BCUT2D eigenvalue weighted by Gasteiger charge is 2.16. The molecule has 4 heteroatoms. The molecule has 1 saturated carbocycles. The number of rotatable bonds is 4. The molecular formula is C22H23N3O. The highest BCUT2D eigenvalue weighted by Crippen LogP contribution is 2.33. The second-order valence-corrected chi connectivity index (χ2v) is 6.91. The first-order valence-corrected chi connectivity index (χ1v) is 9.28. The molecule has 132 valence electrons. The monoisotopic (exact) mass is 345 g/mol. The minimum atomic E-state index is 0.693. The minimum absolute atomic E-state index is 0.693. The molecule has 1 fully saturated rings. The van der Waals surface area contributed by atoms with Crippen LogP contribution >= 0.6 is 0 Å². The smallest absolute Gasteiger partial charge is 0.102 e. The lowest BCUT2D eigenvalue weighted by atomic mass is 9.84. The van der Waals surface area contributed by atoms with E-state index >= 15 is 0 Å². The highest BCUT2D eigenvalue weighted by atomic mass is 16.4. The molecule has 3 aromatic rings. The van der Waals surface area contributed by atoms with Crippen LogP contribution in [0.2, 0.25) is 0 Å². The molecule has 4 rings (SSSR count). The molecule has 26 heavy (non-hydrogen) atoms.